The van der Waals surface area contributed by atoms with Gasteiger partial charge in [-0.25, -0.2) is 0 Å². The maximum atomic E-state index is 2.69. The van der Waals surface area contributed by atoms with Gasteiger partial charge in [-0.2, -0.15) is 0 Å². The molecule has 47 heavy (non-hydrogen) atoms. The Bertz CT molecular complexity index is 1680. The Balaban J connectivity index is 0.00000193. The smallest absolute Gasteiger partial charge is 0.147 e. The summed E-state index contributed by atoms with van der Waals surface area (Å²) in [7, 11) is 0. The van der Waals surface area contributed by atoms with E-state index >= 15 is 0 Å². The van der Waals surface area contributed by atoms with E-state index in [1.165, 1.54) is 71.9 Å². The fraction of sp³-hybridized carbons (Fsp3) is 0.364. The second-order valence-corrected chi connectivity index (χ2v) is 30.9. The molecular formula is C44H50Cl2Hf. The molecular weight excluding hydrogens is 778 g/mol. The topological polar surface area (TPSA) is 0 Å². The first-order valence-corrected chi connectivity index (χ1v) is 26.3. The number of rotatable bonds is 8. The molecule has 4 unspecified atom stereocenters. The van der Waals surface area contributed by atoms with E-state index in [0.717, 1.165) is 27.5 Å². The van der Waals surface area contributed by atoms with Gasteiger partial charge in [0.1, 0.15) is 0 Å². The zero-order valence-electron chi connectivity index (χ0n) is 28.5. The summed E-state index contributed by atoms with van der Waals surface area (Å²) in [5.41, 5.74) is 18.6. The van der Waals surface area contributed by atoms with Gasteiger partial charge in [0.2, 0.25) is 0 Å². The minimum atomic E-state index is -3.15. The number of fused-ring (bicyclic) bond motifs is 3. The molecule has 4 aromatic carbocycles. The summed E-state index contributed by atoms with van der Waals surface area (Å²) in [6.07, 6.45) is 15.8. The molecule has 0 bridgehead atoms. The average molecular weight is 828 g/mol. The molecule has 4 aromatic rings. The van der Waals surface area contributed by atoms with E-state index in [1.54, 1.807) is 33.4 Å². The van der Waals surface area contributed by atoms with Gasteiger partial charge in [0, 0.05) is 0 Å². The number of hydrogen-bond donors (Lipinski definition) is 0. The third-order valence-electron chi connectivity index (χ3n) is 12.4. The minimum absolute atomic E-state index is 0. The summed E-state index contributed by atoms with van der Waals surface area (Å²) in [6, 6.07) is 33.5. The normalized spacial score (nSPS) is 25.0. The van der Waals surface area contributed by atoms with E-state index in [4.69, 9.17) is 0 Å². The third-order valence-corrected chi connectivity index (χ3v) is 37.3. The fourth-order valence-corrected chi connectivity index (χ4v) is 46.2. The summed E-state index contributed by atoms with van der Waals surface area (Å²) in [4.78, 5) is 0. The largest absolute Gasteiger partial charge is 0.147 e. The monoisotopic (exact) mass is 828 g/mol. The molecule has 3 aliphatic carbocycles. The SMILES string of the molecule is CCC1=Cc2c(-c3ccc(CC)cc3)cccc2[CH]1[Hf]1([CH]2C(CC)=Cc3c(-c4ccc(CC)cc4)cccc32)[CH]2CCCC[CH]21.Cl.Cl. The van der Waals surface area contributed by atoms with Crippen molar-refractivity contribution in [2.75, 3.05) is 0 Å². The Hall–Kier alpha value is -2.19. The van der Waals surface area contributed by atoms with Crippen LogP contribution >= 0.6 is 24.8 Å². The number of hydrogen-bond acceptors (Lipinski definition) is 0. The van der Waals surface area contributed by atoms with E-state index in [9.17, 15) is 0 Å². The van der Waals surface area contributed by atoms with Gasteiger partial charge in [-0.15, -0.1) is 24.8 Å². The molecule has 1 saturated carbocycles. The molecule has 0 spiro atoms. The van der Waals surface area contributed by atoms with Crippen molar-refractivity contribution in [2.24, 2.45) is 0 Å². The van der Waals surface area contributed by atoms with Crippen molar-refractivity contribution >= 4 is 37.0 Å². The van der Waals surface area contributed by atoms with Gasteiger partial charge in [0.15, 0.2) is 0 Å². The molecule has 0 radical (unpaired) electrons. The molecule has 3 heteroatoms. The van der Waals surface area contributed by atoms with Crippen molar-refractivity contribution < 1.29 is 20.0 Å². The quantitative estimate of drug-likeness (QED) is 0.155. The van der Waals surface area contributed by atoms with Gasteiger partial charge in [-0.05, 0) is 0 Å². The van der Waals surface area contributed by atoms with Gasteiger partial charge in [-0.1, -0.05) is 0 Å². The van der Waals surface area contributed by atoms with Crippen LogP contribution in [0.1, 0.15) is 107 Å². The van der Waals surface area contributed by atoms with E-state index in [1.807, 2.05) is 0 Å². The van der Waals surface area contributed by atoms with Crippen LogP contribution in [0.5, 0.6) is 0 Å². The van der Waals surface area contributed by atoms with Gasteiger partial charge in [-0.3, -0.25) is 0 Å². The second-order valence-electron chi connectivity index (χ2n) is 14.2. The molecule has 4 atom stereocenters. The molecule has 0 N–H and O–H groups in total. The van der Waals surface area contributed by atoms with Gasteiger partial charge in [0.05, 0.1) is 0 Å². The fourth-order valence-electron chi connectivity index (χ4n) is 10.3. The summed E-state index contributed by atoms with van der Waals surface area (Å²) in [5, 5.41) is 0. The van der Waals surface area contributed by atoms with Gasteiger partial charge in [0.25, 0.3) is 0 Å². The average Bonchev–Trinajstić information content (AvgIpc) is 3.38. The van der Waals surface area contributed by atoms with Crippen LogP contribution in [0.25, 0.3) is 34.4 Å². The zero-order valence-corrected chi connectivity index (χ0v) is 33.7. The first kappa shape index (κ1) is 34.7. The summed E-state index contributed by atoms with van der Waals surface area (Å²) >= 11 is -3.15. The van der Waals surface area contributed by atoms with Crippen molar-refractivity contribution in [3.05, 3.63) is 129 Å². The molecule has 0 aromatic heterocycles. The van der Waals surface area contributed by atoms with Crippen molar-refractivity contribution in [3.8, 4) is 22.3 Å². The number of halogens is 2. The Morgan fingerprint density at radius 2 is 0.915 bits per heavy atom. The van der Waals surface area contributed by atoms with Crippen molar-refractivity contribution in [1.82, 2.24) is 0 Å². The minimum Gasteiger partial charge on any atom is -0.147 e. The number of allylic oxidation sites excluding steroid dienone is 2. The van der Waals surface area contributed by atoms with E-state index in [-0.39, 0.29) is 24.8 Å². The second kappa shape index (κ2) is 14.0. The molecule has 0 nitrogen and oxygen atoms in total. The maximum Gasteiger partial charge on any atom is -0.147 e. The number of benzene rings is 4. The van der Waals surface area contributed by atoms with E-state index < -0.39 is 20.0 Å². The van der Waals surface area contributed by atoms with E-state index in [0.29, 0.717) is 0 Å². The van der Waals surface area contributed by atoms with Crippen LogP contribution in [-0.2, 0) is 32.8 Å². The molecule has 1 heterocycles. The molecule has 0 amide bonds. The van der Waals surface area contributed by atoms with Gasteiger partial charge >= 0.3 is 278 Å². The Morgan fingerprint density at radius 1 is 0.511 bits per heavy atom. The van der Waals surface area contributed by atoms with Crippen LogP contribution < -0.4 is 0 Å². The molecule has 244 valence electrons. The first-order valence-electron chi connectivity index (χ1n) is 18.0. The first-order chi connectivity index (χ1) is 22.1. The van der Waals surface area contributed by atoms with Crippen LogP contribution in [0.3, 0.4) is 0 Å². The molecule has 8 rings (SSSR count). The van der Waals surface area contributed by atoms with Crippen LogP contribution in [-0.4, -0.2) is 0 Å². The van der Waals surface area contributed by atoms with Crippen molar-refractivity contribution in [2.45, 2.75) is 93.8 Å². The third kappa shape index (κ3) is 5.43. The van der Waals surface area contributed by atoms with Crippen LogP contribution in [0, 0.1) is 0 Å². The molecule has 2 fully saturated rings. The molecule has 1 aliphatic heterocycles. The Labute approximate surface area is 300 Å². The molecule has 4 aliphatic rings. The Kier molecular flexibility index (Phi) is 10.3. The van der Waals surface area contributed by atoms with Crippen LogP contribution in [0.4, 0.5) is 0 Å². The van der Waals surface area contributed by atoms with Crippen LogP contribution in [0.15, 0.2) is 96.1 Å². The van der Waals surface area contributed by atoms with Crippen LogP contribution in [0.2, 0.25) is 7.35 Å². The Morgan fingerprint density at radius 3 is 1.28 bits per heavy atom. The molecule has 1 saturated heterocycles. The predicted molar refractivity (Wildman–Crippen MR) is 205 cm³/mol. The standard InChI is InChI=1S/2C19H19.C6H10.2ClH.Hf/c2*1-3-14-8-10-16(11-9-14)18-7-5-6-17-12-15(4-2)13-19(17)18;1-2-4-6-5-3-1;;;/h2*5-13H,3-4H2,1-2H3;1-2H,3-6H2;2*1H;. The van der Waals surface area contributed by atoms with E-state index in [2.05, 4.69) is 125 Å². The zero-order chi connectivity index (χ0) is 30.7. The summed E-state index contributed by atoms with van der Waals surface area (Å²) in [6.45, 7) is 9.41. The van der Waals surface area contributed by atoms with Crippen molar-refractivity contribution in [3.63, 3.8) is 0 Å². The maximum absolute atomic E-state index is 3.15. The number of aryl methyl sites for hydroxylation is 2. The summed E-state index contributed by atoms with van der Waals surface area (Å²) in [5.74, 6) is 0. The van der Waals surface area contributed by atoms with Crippen molar-refractivity contribution in [1.29, 1.82) is 0 Å². The van der Waals surface area contributed by atoms with Gasteiger partial charge < -0.3 is 0 Å². The summed E-state index contributed by atoms with van der Waals surface area (Å²) < 4.78 is 3.50. The predicted octanol–water partition coefficient (Wildman–Crippen LogP) is 13.7.